The van der Waals surface area contributed by atoms with E-state index >= 15 is 0 Å². The molecule has 2 aromatic carbocycles. The maximum Gasteiger partial charge on any atom is 0.130 e. The van der Waals surface area contributed by atoms with Gasteiger partial charge in [-0.25, -0.2) is 4.39 Å². The summed E-state index contributed by atoms with van der Waals surface area (Å²) in [5.41, 5.74) is 2.94. The summed E-state index contributed by atoms with van der Waals surface area (Å²) in [4.78, 5) is 0. The summed E-state index contributed by atoms with van der Waals surface area (Å²) in [6.45, 7) is 4.65. The molecule has 1 aliphatic carbocycles. The van der Waals surface area contributed by atoms with Crippen LogP contribution in [0, 0.1) is 19.7 Å². The van der Waals surface area contributed by atoms with Gasteiger partial charge in [-0.2, -0.15) is 0 Å². The minimum atomic E-state index is -0.240. The number of nitrogens with one attached hydrogen (secondary N) is 1. The third-order valence-electron chi connectivity index (χ3n) is 3.78. The van der Waals surface area contributed by atoms with E-state index in [1.54, 1.807) is 19.1 Å². The molecule has 2 nitrogen and oxygen atoms in total. The van der Waals surface area contributed by atoms with Gasteiger partial charge in [-0.05, 0) is 55.5 Å². The van der Waals surface area contributed by atoms with Gasteiger partial charge in [0.2, 0.25) is 0 Å². The van der Waals surface area contributed by atoms with E-state index in [0.29, 0.717) is 17.4 Å². The minimum absolute atomic E-state index is 0.240. The van der Waals surface area contributed by atoms with Crippen molar-refractivity contribution in [2.45, 2.75) is 39.3 Å². The number of ether oxygens (including phenoxy) is 1. The molecule has 1 fully saturated rings. The Hall–Kier alpha value is -1.87. The largest absolute Gasteiger partial charge is 0.457 e. The minimum Gasteiger partial charge on any atom is -0.457 e. The van der Waals surface area contributed by atoms with Crippen molar-refractivity contribution in [2.75, 3.05) is 0 Å². The SMILES string of the molecule is Cc1ccc(Oc2ccc(CNC3CC3)cc2C)cc1F. The fourth-order valence-corrected chi connectivity index (χ4v) is 2.25. The molecule has 0 aromatic heterocycles. The van der Waals surface area contributed by atoms with Crippen LogP contribution in [0.4, 0.5) is 4.39 Å². The molecule has 3 rings (SSSR count). The van der Waals surface area contributed by atoms with Gasteiger partial charge in [-0.1, -0.05) is 18.2 Å². The van der Waals surface area contributed by atoms with E-state index in [1.165, 1.54) is 24.5 Å². The summed E-state index contributed by atoms with van der Waals surface area (Å²) in [5, 5.41) is 3.49. The molecule has 0 bridgehead atoms. The molecule has 0 heterocycles. The lowest BCUT2D eigenvalue weighted by atomic mass is 10.1. The van der Waals surface area contributed by atoms with Crippen molar-refractivity contribution in [3.05, 3.63) is 58.9 Å². The van der Waals surface area contributed by atoms with Crippen molar-refractivity contribution in [3.8, 4) is 11.5 Å². The Labute approximate surface area is 125 Å². The summed E-state index contributed by atoms with van der Waals surface area (Å²) in [6, 6.07) is 11.8. The summed E-state index contributed by atoms with van der Waals surface area (Å²) in [6.07, 6.45) is 2.58. The van der Waals surface area contributed by atoms with Crippen molar-refractivity contribution in [1.82, 2.24) is 5.32 Å². The number of hydrogen-bond acceptors (Lipinski definition) is 2. The highest BCUT2D eigenvalue weighted by atomic mass is 19.1. The topological polar surface area (TPSA) is 21.3 Å². The van der Waals surface area contributed by atoms with E-state index < -0.39 is 0 Å². The van der Waals surface area contributed by atoms with Crippen molar-refractivity contribution >= 4 is 0 Å². The van der Waals surface area contributed by atoms with Gasteiger partial charge in [0.15, 0.2) is 0 Å². The Morgan fingerprint density at radius 2 is 1.90 bits per heavy atom. The molecule has 2 aromatic rings. The lowest BCUT2D eigenvalue weighted by Gasteiger charge is -2.11. The molecule has 1 aliphatic rings. The van der Waals surface area contributed by atoms with Crippen molar-refractivity contribution in [2.24, 2.45) is 0 Å². The van der Waals surface area contributed by atoms with Gasteiger partial charge >= 0.3 is 0 Å². The van der Waals surface area contributed by atoms with Crippen molar-refractivity contribution in [3.63, 3.8) is 0 Å². The molecule has 0 spiro atoms. The summed E-state index contributed by atoms with van der Waals surface area (Å²) >= 11 is 0. The Kier molecular flexibility index (Phi) is 3.93. The maximum atomic E-state index is 13.5. The van der Waals surface area contributed by atoms with Crippen LogP contribution >= 0.6 is 0 Å². The highest BCUT2D eigenvalue weighted by molar-refractivity contribution is 5.40. The lowest BCUT2D eigenvalue weighted by molar-refractivity contribution is 0.472. The normalized spacial score (nSPS) is 14.2. The van der Waals surface area contributed by atoms with E-state index in [9.17, 15) is 4.39 Å². The van der Waals surface area contributed by atoms with Crippen LogP contribution in [-0.2, 0) is 6.54 Å². The third-order valence-corrected chi connectivity index (χ3v) is 3.78. The van der Waals surface area contributed by atoms with E-state index in [2.05, 4.69) is 17.4 Å². The molecular weight excluding hydrogens is 265 g/mol. The first kappa shape index (κ1) is 14.1. The van der Waals surface area contributed by atoms with Gasteiger partial charge in [0.05, 0.1) is 0 Å². The quantitative estimate of drug-likeness (QED) is 0.874. The van der Waals surface area contributed by atoms with Crippen LogP contribution in [0.2, 0.25) is 0 Å². The van der Waals surface area contributed by atoms with Crippen molar-refractivity contribution < 1.29 is 9.13 Å². The van der Waals surface area contributed by atoms with Gasteiger partial charge < -0.3 is 10.1 Å². The Morgan fingerprint density at radius 3 is 2.57 bits per heavy atom. The second-order valence-corrected chi connectivity index (χ2v) is 5.77. The first-order valence-corrected chi connectivity index (χ1v) is 7.39. The molecule has 0 aliphatic heterocycles. The molecule has 0 amide bonds. The average molecular weight is 285 g/mol. The molecule has 110 valence electrons. The Morgan fingerprint density at radius 1 is 1.10 bits per heavy atom. The van der Waals surface area contributed by atoms with Gasteiger partial charge in [0, 0.05) is 18.7 Å². The number of benzene rings is 2. The van der Waals surface area contributed by atoms with E-state index in [4.69, 9.17) is 4.74 Å². The van der Waals surface area contributed by atoms with Crippen LogP contribution in [0.3, 0.4) is 0 Å². The molecule has 1 N–H and O–H groups in total. The molecule has 3 heteroatoms. The van der Waals surface area contributed by atoms with E-state index in [-0.39, 0.29) is 5.82 Å². The van der Waals surface area contributed by atoms with Gasteiger partial charge in [-0.3, -0.25) is 0 Å². The van der Waals surface area contributed by atoms with Crippen LogP contribution in [0.1, 0.15) is 29.5 Å². The van der Waals surface area contributed by atoms with Crippen LogP contribution in [0.5, 0.6) is 11.5 Å². The molecule has 0 radical (unpaired) electrons. The van der Waals surface area contributed by atoms with Crippen LogP contribution in [-0.4, -0.2) is 6.04 Å². The fourth-order valence-electron chi connectivity index (χ4n) is 2.25. The van der Waals surface area contributed by atoms with Gasteiger partial charge in [0.25, 0.3) is 0 Å². The van der Waals surface area contributed by atoms with Crippen LogP contribution < -0.4 is 10.1 Å². The summed E-state index contributed by atoms with van der Waals surface area (Å²) < 4.78 is 19.3. The lowest BCUT2D eigenvalue weighted by Crippen LogP contribution is -2.15. The zero-order valence-electron chi connectivity index (χ0n) is 12.4. The Bertz CT molecular complexity index is 650. The number of hydrogen-bond donors (Lipinski definition) is 1. The molecule has 0 unspecified atom stereocenters. The van der Waals surface area contributed by atoms with E-state index in [1.807, 2.05) is 13.0 Å². The monoisotopic (exact) mass is 285 g/mol. The average Bonchev–Trinajstić information content (AvgIpc) is 3.27. The predicted molar refractivity (Wildman–Crippen MR) is 82.3 cm³/mol. The van der Waals surface area contributed by atoms with Crippen molar-refractivity contribution in [1.29, 1.82) is 0 Å². The Balaban J connectivity index is 1.70. The maximum absolute atomic E-state index is 13.5. The first-order chi connectivity index (χ1) is 10.1. The fraction of sp³-hybridized carbons (Fsp3) is 0.333. The van der Waals surface area contributed by atoms with E-state index in [0.717, 1.165) is 17.9 Å². The molecule has 0 atom stereocenters. The second kappa shape index (κ2) is 5.86. The first-order valence-electron chi connectivity index (χ1n) is 7.39. The summed E-state index contributed by atoms with van der Waals surface area (Å²) in [5.74, 6) is 1.06. The highest BCUT2D eigenvalue weighted by Crippen LogP contribution is 2.27. The van der Waals surface area contributed by atoms with Gasteiger partial charge in [-0.15, -0.1) is 0 Å². The smallest absolute Gasteiger partial charge is 0.130 e. The van der Waals surface area contributed by atoms with Crippen LogP contribution in [0.15, 0.2) is 36.4 Å². The molecule has 1 saturated carbocycles. The molecule has 21 heavy (non-hydrogen) atoms. The zero-order valence-corrected chi connectivity index (χ0v) is 12.4. The third kappa shape index (κ3) is 3.61. The van der Waals surface area contributed by atoms with Crippen LogP contribution in [0.25, 0.3) is 0 Å². The van der Waals surface area contributed by atoms with Gasteiger partial charge in [0.1, 0.15) is 17.3 Å². The number of aryl methyl sites for hydroxylation is 2. The predicted octanol–water partition coefficient (Wildman–Crippen LogP) is 4.49. The highest BCUT2D eigenvalue weighted by Gasteiger charge is 2.19. The zero-order chi connectivity index (χ0) is 14.8. The molecular formula is C18H20FNO. The number of rotatable bonds is 5. The summed E-state index contributed by atoms with van der Waals surface area (Å²) in [7, 11) is 0. The standard InChI is InChI=1S/C18H20FNO/c1-12-3-7-16(10-17(12)19)21-18-8-4-14(9-13(18)2)11-20-15-5-6-15/h3-4,7-10,15,20H,5-6,11H2,1-2H3. The second-order valence-electron chi connectivity index (χ2n) is 5.77. The molecule has 0 saturated heterocycles. The number of halogens is 1.